The maximum Gasteiger partial charge on any atom is 0.330 e. The highest BCUT2D eigenvalue weighted by Crippen LogP contribution is 2.20. The van der Waals surface area contributed by atoms with Crippen molar-refractivity contribution in [3.63, 3.8) is 0 Å². The largest absolute Gasteiger partial charge is 0.479 e. The molecule has 0 aliphatic carbocycles. The number of aryl methyl sites for hydroxylation is 1. The van der Waals surface area contributed by atoms with E-state index in [0.29, 0.717) is 0 Å². The molecule has 0 saturated carbocycles. The van der Waals surface area contributed by atoms with E-state index < -0.39 is 12.0 Å². The van der Waals surface area contributed by atoms with Crippen LogP contribution >= 0.6 is 0 Å². The number of rotatable bonds is 4. The second-order valence-corrected chi connectivity index (χ2v) is 4.19. The van der Waals surface area contributed by atoms with Crippen LogP contribution in [-0.4, -0.2) is 11.1 Å². The molecule has 0 amide bonds. The molecule has 2 N–H and O–H groups in total. The quantitative estimate of drug-likeness (QED) is 0.864. The van der Waals surface area contributed by atoms with E-state index in [0.717, 1.165) is 16.8 Å². The maximum atomic E-state index is 11.3. The van der Waals surface area contributed by atoms with Crippen LogP contribution in [-0.2, 0) is 4.79 Å². The predicted molar refractivity (Wildman–Crippen MR) is 71.6 cm³/mol. The molecule has 3 nitrogen and oxygen atoms in total. The molecule has 0 spiro atoms. The molecule has 0 aromatic heterocycles. The minimum Gasteiger partial charge on any atom is -0.479 e. The highest BCUT2D eigenvalue weighted by atomic mass is 16.4. The van der Waals surface area contributed by atoms with Gasteiger partial charge in [0.1, 0.15) is 0 Å². The van der Waals surface area contributed by atoms with Gasteiger partial charge in [-0.15, -0.1) is 0 Å². The summed E-state index contributed by atoms with van der Waals surface area (Å²) in [6.45, 7) is 1.98. The van der Waals surface area contributed by atoms with E-state index >= 15 is 0 Å². The molecule has 2 aromatic carbocycles. The van der Waals surface area contributed by atoms with E-state index in [1.54, 1.807) is 0 Å². The molecular formula is C15H15NO2. The summed E-state index contributed by atoms with van der Waals surface area (Å²) in [5.74, 6) is -0.886. The first-order chi connectivity index (χ1) is 8.66. The Labute approximate surface area is 106 Å². The van der Waals surface area contributed by atoms with Crippen LogP contribution in [0.1, 0.15) is 17.2 Å². The van der Waals surface area contributed by atoms with Gasteiger partial charge in [0.15, 0.2) is 6.04 Å². The van der Waals surface area contributed by atoms with Crippen LogP contribution in [0.15, 0.2) is 54.6 Å². The van der Waals surface area contributed by atoms with Crippen LogP contribution in [0.2, 0.25) is 0 Å². The van der Waals surface area contributed by atoms with Gasteiger partial charge in [-0.25, -0.2) is 4.79 Å². The van der Waals surface area contributed by atoms with Gasteiger partial charge in [-0.3, -0.25) is 0 Å². The zero-order valence-electron chi connectivity index (χ0n) is 10.1. The lowest BCUT2D eigenvalue weighted by atomic mass is 10.0. The maximum absolute atomic E-state index is 11.3. The van der Waals surface area contributed by atoms with Crippen molar-refractivity contribution < 1.29 is 9.90 Å². The number of anilines is 1. The predicted octanol–water partition coefficient (Wildman–Crippen LogP) is 3.23. The Balaban J connectivity index is 2.24. The normalized spacial score (nSPS) is 11.8. The van der Waals surface area contributed by atoms with E-state index in [1.807, 2.05) is 61.5 Å². The summed E-state index contributed by atoms with van der Waals surface area (Å²) in [6.07, 6.45) is 0. The van der Waals surface area contributed by atoms with E-state index in [-0.39, 0.29) is 0 Å². The minimum atomic E-state index is -0.886. The third kappa shape index (κ3) is 2.88. The number of nitrogens with one attached hydrogen (secondary N) is 1. The summed E-state index contributed by atoms with van der Waals surface area (Å²) in [5.41, 5.74) is 2.66. The number of hydrogen-bond acceptors (Lipinski definition) is 2. The lowest BCUT2D eigenvalue weighted by Crippen LogP contribution is -2.20. The van der Waals surface area contributed by atoms with Crippen LogP contribution in [0, 0.1) is 6.92 Å². The Morgan fingerprint density at radius 1 is 1.06 bits per heavy atom. The molecule has 0 saturated heterocycles. The molecule has 1 unspecified atom stereocenters. The second kappa shape index (κ2) is 5.36. The van der Waals surface area contributed by atoms with Crippen molar-refractivity contribution in [2.24, 2.45) is 0 Å². The van der Waals surface area contributed by atoms with Crippen LogP contribution in [0.4, 0.5) is 5.69 Å². The number of aliphatic carboxylic acids is 1. The second-order valence-electron chi connectivity index (χ2n) is 4.19. The number of benzene rings is 2. The molecule has 18 heavy (non-hydrogen) atoms. The number of para-hydroxylation sites is 1. The fourth-order valence-electron chi connectivity index (χ4n) is 1.75. The van der Waals surface area contributed by atoms with Crippen LogP contribution in [0.25, 0.3) is 0 Å². The average Bonchev–Trinajstić information content (AvgIpc) is 2.38. The molecule has 1 atom stereocenters. The third-order valence-corrected chi connectivity index (χ3v) is 2.74. The van der Waals surface area contributed by atoms with Gasteiger partial charge in [0.2, 0.25) is 0 Å². The SMILES string of the molecule is Cc1ccc(C(Nc2ccccc2)C(=O)O)cc1. The van der Waals surface area contributed by atoms with Gasteiger partial charge in [-0.1, -0.05) is 48.0 Å². The van der Waals surface area contributed by atoms with E-state index in [2.05, 4.69) is 5.32 Å². The third-order valence-electron chi connectivity index (χ3n) is 2.74. The van der Waals surface area contributed by atoms with Gasteiger partial charge < -0.3 is 10.4 Å². The monoisotopic (exact) mass is 241 g/mol. The van der Waals surface area contributed by atoms with E-state index in [1.165, 1.54) is 0 Å². The summed E-state index contributed by atoms with van der Waals surface area (Å²) < 4.78 is 0. The summed E-state index contributed by atoms with van der Waals surface area (Å²) in [5, 5.41) is 12.3. The highest BCUT2D eigenvalue weighted by Gasteiger charge is 2.19. The van der Waals surface area contributed by atoms with E-state index in [4.69, 9.17) is 0 Å². The van der Waals surface area contributed by atoms with Crippen molar-refractivity contribution in [2.75, 3.05) is 5.32 Å². The fraction of sp³-hybridized carbons (Fsp3) is 0.133. The zero-order valence-corrected chi connectivity index (χ0v) is 10.1. The molecule has 2 rings (SSSR count). The first-order valence-corrected chi connectivity index (χ1v) is 5.78. The standard InChI is InChI=1S/C15H15NO2/c1-11-7-9-12(10-8-11)14(15(17)18)16-13-5-3-2-4-6-13/h2-10,14,16H,1H3,(H,17,18). The van der Waals surface area contributed by atoms with Crippen molar-refractivity contribution >= 4 is 11.7 Å². The summed E-state index contributed by atoms with van der Waals surface area (Å²) in [7, 11) is 0. The molecule has 92 valence electrons. The first kappa shape index (κ1) is 12.2. The molecule has 0 aliphatic heterocycles. The van der Waals surface area contributed by atoms with Crippen molar-refractivity contribution in [2.45, 2.75) is 13.0 Å². The van der Waals surface area contributed by atoms with Crippen LogP contribution in [0.3, 0.4) is 0 Å². The van der Waals surface area contributed by atoms with Crippen molar-refractivity contribution in [1.29, 1.82) is 0 Å². The number of hydrogen-bond donors (Lipinski definition) is 2. The molecule has 0 heterocycles. The van der Waals surface area contributed by atoms with Crippen molar-refractivity contribution in [1.82, 2.24) is 0 Å². The lowest BCUT2D eigenvalue weighted by molar-refractivity contribution is -0.138. The molecular weight excluding hydrogens is 226 g/mol. The molecule has 0 aliphatic rings. The lowest BCUT2D eigenvalue weighted by Gasteiger charge is -2.16. The Morgan fingerprint density at radius 3 is 2.22 bits per heavy atom. The molecule has 3 heteroatoms. The Hall–Kier alpha value is -2.29. The number of carboxylic acid groups (broad SMARTS) is 1. The average molecular weight is 241 g/mol. The molecule has 0 bridgehead atoms. The Morgan fingerprint density at radius 2 is 1.67 bits per heavy atom. The molecule has 0 fully saturated rings. The Kier molecular flexibility index (Phi) is 3.63. The molecule has 0 radical (unpaired) electrons. The van der Waals surface area contributed by atoms with Gasteiger partial charge >= 0.3 is 5.97 Å². The summed E-state index contributed by atoms with van der Waals surface area (Å²) in [4.78, 5) is 11.3. The van der Waals surface area contributed by atoms with Gasteiger partial charge in [0, 0.05) is 5.69 Å². The van der Waals surface area contributed by atoms with Crippen molar-refractivity contribution in [3.8, 4) is 0 Å². The number of carbonyl (C=O) groups is 1. The fourth-order valence-corrected chi connectivity index (χ4v) is 1.75. The summed E-state index contributed by atoms with van der Waals surface area (Å²) >= 11 is 0. The van der Waals surface area contributed by atoms with Gasteiger partial charge in [0.05, 0.1) is 0 Å². The smallest absolute Gasteiger partial charge is 0.330 e. The zero-order chi connectivity index (χ0) is 13.0. The van der Waals surface area contributed by atoms with Gasteiger partial charge in [0.25, 0.3) is 0 Å². The minimum absolute atomic E-state index is 0.729. The highest BCUT2D eigenvalue weighted by molar-refractivity contribution is 5.79. The van der Waals surface area contributed by atoms with Crippen molar-refractivity contribution in [3.05, 3.63) is 65.7 Å². The summed E-state index contributed by atoms with van der Waals surface area (Å²) in [6, 6.07) is 16.1. The van der Waals surface area contributed by atoms with E-state index in [9.17, 15) is 9.90 Å². The molecule has 2 aromatic rings. The first-order valence-electron chi connectivity index (χ1n) is 5.78. The number of carboxylic acids is 1. The van der Waals surface area contributed by atoms with Gasteiger partial charge in [-0.05, 0) is 24.6 Å². The van der Waals surface area contributed by atoms with Crippen LogP contribution < -0.4 is 5.32 Å². The van der Waals surface area contributed by atoms with Gasteiger partial charge in [-0.2, -0.15) is 0 Å². The Bertz CT molecular complexity index is 520. The topological polar surface area (TPSA) is 49.3 Å². The van der Waals surface area contributed by atoms with Crippen LogP contribution in [0.5, 0.6) is 0 Å².